The van der Waals surface area contributed by atoms with Crippen LogP contribution in [0.5, 0.6) is 0 Å². The fourth-order valence-electron chi connectivity index (χ4n) is 3.82. The number of carbonyl (C=O) groups is 1. The molecule has 3 aromatic carbocycles. The molecule has 0 N–H and O–H groups in total. The molecule has 0 bridgehead atoms. The van der Waals surface area contributed by atoms with Crippen molar-refractivity contribution in [1.29, 1.82) is 0 Å². The highest BCUT2D eigenvalue weighted by atomic mass is 35.5. The predicted octanol–water partition coefficient (Wildman–Crippen LogP) is 6.44. The van der Waals surface area contributed by atoms with Crippen molar-refractivity contribution in [2.45, 2.75) is 20.3 Å². The van der Waals surface area contributed by atoms with Crippen LogP contribution in [0.25, 0.3) is 21.0 Å². The number of hydrogen-bond donors (Lipinski definition) is 0. The Bertz CT molecular complexity index is 1200. The van der Waals surface area contributed by atoms with Gasteiger partial charge < -0.3 is 4.90 Å². The first kappa shape index (κ1) is 24.5. The Morgan fingerprint density at radius 3 is 2.53 bits per heavy atom. The molecule has 0 radical (unpaired) electrons. The minimum Gasteiger partial charge on any atom is -0.302 e. The minimum atomic E-state index is 0. The van der Waals surface area contributed by atoms with Crippen molar-refractivity contribution in [2.75, 3.05) is 31.1 Å². The molecule has 0 fully saturated rings. The molecule has 0 aliphatic rings. The third kappa shape index (κ3) is 5.41. The second-order valence-corrected chi connectivity index (χ2v) is 8.94. The number of anilines is 1. The van der Waals surface area contributed by atoms with Crippen LogP contribution >= 0.6 is 35.3 Å². The van der Waals surface area contributed by atoms with Crippen molar-refractivity contribution in [2.24, 2.45) is 0 Å². The number of hydrogen-bond acceptors (Lipinski definition) is 4. The molecule has 0 spiro atoms. The summed E-state index contributed by atoms with van der Waals surface area (Å²) in [6.45, 7) is 7.62. The van der Waals surface area contributed by atoms with E-state index in [4.69, 9.17) is 16.6 Å². The van der Waals surface area contributed by atoms with Crippen LogP contribution in [0.1, 0.15) is 19.4 Å². The maximum Gasteiger partial charge on any atom is 0.233 e. The van der Waals surface area contributed by atoms with Crippen LogP contribution in [0.3, 0.4) is 0 Å². The van der Waals surface area contributed by atoms with Gasteiger partial charge in [-0.2, -0.15) is 0 Å². The maximum atomic E-state index is 13.5. The van der Waals surface area contributed by atoms with E-state index in [-0.39, 0.29) is 18.3 Å². The second-order valence-electron chi connectivity index (χ2n) is 7.50. The summed E-state index contributed by atoms with van der Waals surface area (Å²) in [5, 5.41) is 3.68. The molecule has 0 atom stereocenters. The van der Waals surface area contributed by atoms with Gasteiger partial charge in [-0.05, 0) is 47.6 Å². The highest BCUT2D eigenvalue weighted by molar-refractivity contribution is 7.22. The molecule has 0 unspecified atom stereocenters. The average Bonchev–Trinajstić information content (AvgIpc) is 3.19. The van der Waals surface area contributed by atoms with Crippen LogP contribution < -0.4 is 4.90 Å². The number of halogens is 2. The van der Waals surface area contributed by atoms with Gasteiger partial charge in [0.25, 0.3) is 0 Å². The van der Waals surface area contributed by atoms with Gasteiger partial charge >= 0.3 is 0 Å². The molecule has 0 saturated heterocycles. The molecule has 1 amide bonds. The number of amides is 1. The zero-order valence-electron chi connectivity index (χ0n) is 18.3. The largest absolute Gasteiger partial charge is 0.302 e. The van der Waals surface area contributed by atoms with E-state index < -0.39 is 0 Å². The van der Waals surface area contributed by atoms with Crippen LogP contribution in [-0.4, -0.2) is 42.0 Å². The van der Waals surface area contributed by atoms with E-state index in [9.17, 15) is 4.79 Å². The predicted molar refractivity (Wildman–Crippen MR) is 140 cm³/mol. The summed E-state index contributed by atoms with van der Waals surface area (Å²) < 4.78 is 0.994. The van der Waals surface area contributed by atoms with Crippen LogP contribution in [0.15, 0.2) is 60.7 Å². The summed E-state index contributed by atoms with van der Waals surface area (Å²) in [6, 6.07) is 20.0. The SMILES string of the molecule is CCN(CC)CCN(C(=O)Cc1cccc2ccccc12)c1nc2ccc(Cl)cc2s1.Cl. The molecule has 1 aromatic heterocycles. The second kappa shape index (κ2) is 11.1. The number of thiazole rings is 1. The van der Waals surface area contributed by atoms with Crippen LogP contribution in [0, 0.1) is 0 Å². The third-order valence-corrected chi connectivity index (χ3v) is 6.90. The standard InChI is InChI=1S/C25H26ClN3OS.ClH/c1-3-28(4-2)14-15-29(25-27-22-13-12-20(26)17-23(22)31-25)24(30)16-19-10-7-9-18-8-5-6-11-21(18)19;/h5-13,17H,3-4,14-16H2,1-2H3;1H. The summed E-state index contributed by atoms with van der Waals surface area (Å²) in [5.74, 6) is 0.0636. The molecule has 4 aromatic rings. The fraction of sp³-hybridized carbons (Fsp3) is 0.280. The molecular weight excluding hydrogens is 461 g/mol. The Labute approximate surface area is 204 Å². The quantitative estimate of drug-likeness (QED) is 0.286. The smallest absolute Gasteiger partial charge is 0.233 e. The van der Waals surface area contributed by atoms with Gasteiger partial charge in [0.1, 0.15) is 0 Å². The Morgan fingerprint density at radius 1 is 1.00 bits per heavy atom. The van der Waals surface area contributed by atoms with Crippen molar-refractivity contribution in [3.8, 4) is 0 Å². The molecule has 168 valence electrons. The van der Waals surface area contributed by atoms with Gasteiger partial charge in [-0.3, -0.25) is 9.69 Å². The molecule has 1 heterocycles. The summed E-state index contributed by atoms with van der Waals surface area (Å²) in [6.07, 6.45) is 0.344. The molecule has 4 nitrogen and oxygen atoms in total. The lowest BCUT2D eigenvalue weighted by Crippen LogP contribution is -2.39. The third-order valence-electron chi connectivity index (χ3n) is 5.63. The van der Waals surface area contributed by atoms with Gasteiger partial charge in [-0.25, -0.2) is 4.98 Å². The molecular formula is C25H27Cl2N3OS. The topological polar surface area (TPSA) is 36.4 Å². The Hall–Kier alpha value is -2.18. The molecule has 0 aliphatic carbocycles. The van der Waals surface area contributed by atoms with Gasteiger partial charge in [0, 0.05) is 18.1 Å². The number of carbonyl (C=O) groups excluding carboxylic acids is 1. The lowest BCUT2D eigenvalue weighted by Gasteiger charge is -2.25. The van der Waals surface area contributed by atoms with Gasteiger partial charge in [0.2, 0.25) is 5.91 Å². The molecule has 4 rings (SSSR count). The highest BCUT2D eigenvalue weighted by Crippen LogP contribution is 2.31. The number of rotatable bonds is 8. The van der Waals surface area contributed by atoms with Crippen LogP contribution in [-0.2, 0) is 11.2 Å². The average molecular weight is 488 g/mol. The van der Waals surface area contributed by atoms with Gasteiger partial charge in [0.15, 0.2) is 5.13 Å². The zero-order valence-corrected chi connectivity index (χ0v) is 20.6. The first-order valence-corrected chi connectivity index (χ1v) is 11.8. The van der Waals surface area contributed by atoms with E-state index in [1.54, 1.807) is 0 Å². The number of fused-ring (bicyclic) bond motifs is 2. The normalized spacial score (nSPS) is 11.1. The van der Waals surface area contributed by atoms with Crippen molar-refractivity contribution in [3.63, 3.8) is 0 Å². The van der Waals surface area contributed by atoms with E-state index >= 15 is 0 Å². The van der Waals surface area contributed by atoms with E-state index in [0.717, 1.165) is 51.3 Å². The highest BCUT2D eigenvalue weighted by Gasteiger charge is 2.21. The Morgan fingerprint density at radius 2 is 1.75 bits per heavy atom. The van der Waals surface area contributed by atoms with Crippen molar-refractivity contribution in [1.82, 2.24) is 9.88 Å². The molecule has 32 heavy (non-hydrogen) atoms. The maximum absolute atomic E-state index is 13.5. The first-order valence-electron chi connectivity index (χ1n) is 10.6. The number of likely N-dealkylation sites (N-methyl/N-ethyl adjacent to an activating group) is 1. The van der Waals surface area contributed by atoms with Crippen LogP contribution in [0.2, 0.25) is 5.02 Å². The molecule has 7 heteroatoms. The van der Waals surface area contributed by atoms with E-state index in [0.29, 0.717) is 18.0 Å². The lowest BCUT2D eigenvalue weighted by molar-refractivity contribution is -0.118. The van der Waals surface area contributed by atoms with Gasteiger partial charge in [0.05, 0.1) is 16.6 Å². The molecule has 0 aliphatic heterocycles. The minimum absolute atomic E-state index is 0. The number of nitrogens with zero attached hydrogens (tertiary/aromatic N) is 3. The Kier molecular flexibility index (Phi) is 8.49. The first-order chi connectivity index (χ1) is 15.1. The van der Waals surface area contributed by atoms with Crippen molar-refractivity contribution < 1.29 is 4.79 Å². The van der Waals surface area contributed by atoms with Crippen molar-refractivity contribution in [3.05, 3.63) is 71.2 Å². The lowest BCUT2D eigenvalue weighted by atomic mass is 10.0. The van der Waals surface area contributed by atoms with Gasteiger partial charge in [-0.1, -0.05) is 79.2 Å². The van der Waals surface area contributed by atoms with E-state index in [1.807, 2.05) is 47.4 Å². The summed E-state index contributed by atoms with van der Waals surface area (Å²) in [5.41, 5.74) is 1.91. The van der Waals surface area contributed by atoms with Gasteiger partial charge in [-0.15, -0.1) is 12.4 Å². The fourth-order valence-corrected chi connectivity index (χ4v) is 5.10. The summed E-state index contributed by atoms with van der Waals surface area (Å²) in [7, 11) is 0. The summed E-state index contributed by atoms with van der Waals surface area (Å²) in [4.78, 5) is 22.5. The molecule has 0 saturated carbocycles. The van der Waals surface area contributed by atoms with Crippen LogP contribution in [0.4, 0.5) is 5.13 Å². The monoisotopic (exact) mass is 487 g/mol. The zero-order chi connectivity index (χ0) is 21.8. The number of aromatic nitrogens is 1. The van der Waals surface area contributed by atoms with Crippen molar-refractivity contribution >= 4 is 67.4 Å². The Balaban J connectivity index is 0.00000289. The summed E-state index contributed by atoms with van der Waals surface area (Å²) >= 11 is 7.68. The number of benzene rings is 3. The van der Waals surface area contributed by atoms with E-state index in [2.05, 4.69) is 36.9 Å². The van der Waals surface area contributed by atoms with E-state index in [1.165, 1.54) is 11.3 Å².